The fourth-order valence-electron chi connectivity index (χ4n) is 2.46. The molecule has 0 unspecified atom stereocenters. The fourth-order valence-corrected chi connectivity index (χ4v) is 2.46. The average molecular weight is 276 g/mol. The number of rotatable bonds is 2. The molecule has 106 valence electrons. The maximum Gasteiger partial charge on any atom is 0.0929 e. The standard InChI is InChI=1S/C19H20N2/c1-19(2,3)21-18(16-12-8-5-9-13-16)14-17(20-21)15-10-6-4-7-11-15/h4-14H,1-3H3. The summed E-state index contributed by atoms with van der Waals surface area (Å²) in [6, 6.07) is 22.9. The van der Waals surface area contributed by atoms with Crippen molar-refractivity contribution in [2.24, 2.45) is 0 Å². The Bertz CT molecular complexity index is 719. The van der Waals surface area contributed by atoms with Crippen LogP contribution in [0.15, 0.2) is 66.7 Å². The molecule has 0 aliphatic carbocycles. The summed E-state index contributed by atoms with van der Waals surface area (Å²) < 4.78 is 2.12. The first-order chi connectivity index (χ1) is 10.1. The van der Waals surface area contributed by atoms with E-state index in [9.17, 15) is 0 Å². The first-order valence-corrected chi connectivity index (χ1v) is 7.27. The van der Waals surface area contributed by atoms with Crippen LogP contribution >= 0.6 is 0 Å². The molecule has 3 rings (SSSR count). The van der Waals surface area contributed by atoms with E-state index >= 15 is 0 Å². The second kappa shape index (κ2) is 5.21. The van der Waals surface area contributed by atoms with Gasteiger partial charge < -0.3 is 0 Å². The van der Waals surface area contributed by atoms with Crippen LogP contribution in [-0.4, -0.2) is 9.78 Å². The first-order valence-electron chi connectivity index (χ1n) is 7.27. The van der Waals surface area contributed by atoms with E-state index in [2.05, 4.69) is 67.9 Å². The minimum absolute atomic E-state index is 0.0573. The Morgan fingerprint density at radius 2 is 1.29 bits per heavy atom. The lowest BCUT2D eigenvalue weighted by Gasteiger charge is -2.22. The molecule has 0 atom stereocenters. The van der Waals surface area contributed by atoms with Gasteiger partial charge in [-0.05, 0) is 32.4 Å². The Balaban J connectivity index is 2.17. The topological polar surface area (TPSA) is 17.8 Å². The minimum atomic E-state index is -0.0573. The molecule has 0 radical (unpaired) electrons. The monoisotopic (exact) mass is 276 g/mol. The van der Waals surface area contributed by atoms with Crippen LogP contribution in [0.2, 0.25) is 0 Å². The van der Waals surface area contributed by atoms with Crippen LogP contribution in [0.5, 0.6) is 0 Å². The minimum Gasteiger partial charge on any atom is -0.259 e. The van der Waals surface area contributed by atoms with Crippen molar-refractivity contribution in [3.8, 4) is 22.5 Å². The van der Waals surface area contributed by atoms with E-state index in [0.717, 1.165) is 17.0 Å². The van der Waals surface area contributed by atoms with Gasteiger partial charge in [-0.3, -0.25) is 4.68 Å². The summed E-state index contributed by atoms with van der Waals surface area (Å²) in [4.78, 5) is 0. The molecule has 0 aliphatic rings. The smallest absolute Gasteiger partial charge is 0.0929 e. The first kappa shape index (κ1) is 13.6. The van der Waals surface area contributed by atoms with Gasteiger partial charge in [0.25, 0.3) is 0 Å². The summed E-state index contributed by atoms with van der Waals surface area (Å²) in [5.41, 5.74) is 4.46. The maximum atomic E-state index is 4.84. The number of hydrogen-bond acceptors (Lipinski definition) is 1. The molecule has 0 saturated carbocycles. The van der Waals surface area contributed by atoms with Gasteiger partial charge in [0.2, 0.25) is 0 Å². The zero-order chi connectivity index (χ0) is 14.9. The van der Waals surface area contributed by atoms with E-state index < -0.39 is 0 Å². The van der Waals surface area contributed by atoms with Gasteiger partial charge in [-0.15, -0.1) is 0 Å². The van der Waals surface area contributed by atoms with E-state index in [1.807, 2.05) is 24.3 Å². The lowest BCUT2D eigenvalue weighted by molar-refractivity contribution is 0.361. The van der Waals surface area contributed by atoms with Crippen molar-refractivity contribution >= 4 is 0 Å². The van der Waals surface area contributed by atoms with Crippen molar-refractivity contribution in [2.75, 3.05) is 0 Å². The van der Waals surface area contributed by atoms with E-state index in [4.69, 9.17) is 5.10 Å². The predicted molar refractivity (Wildman–Crippen MR) is 88.1 cm³/mol. The van der Waals surface area contributed by atoms with Crippen LogP contribution in [0.1, 0.15) is 20.8 Å². The van der Waals surface area contributed by atoms with Crippen molar-refractivity contribution in [3.05, 3.63) is 66.7 Å². The third-order valence-corrected chi connectivity index (χ3v) is 3.48. The van der Waals surface area contributed by atoms with Gasteiger partial charge in [-0.2, -0.15) is 5.10 Å². The number of aromatic nitrogens is 2. The zero-order valence-corrected chi connectivity index (χ0v) is 12.7. The number of nitrogens with zero attached hydrogens (tertiary/aromatic N) is 2. The molecule has 1 aromatic heterocycles. The fraction of sp³-hybridized carbons (Fsp3) is 0.211. The largest absolute Gasteiger partial charge is 0.259 e. The molecule has 3 aromatic rings. The zero-order valence-electron chi connectivity index (χ0n) is 12.7. The van der Waals surface area contributed by atoms with Crippen molar-refractivity contribution in [1.82, 2.24) is 9.78 Å². The molecule has 1 heterocycles. The molecule has 21 heavy (non-hydrogen) atoms. The highest BCUT2D eigenvalue weighted by Gasteiger charge is 2.20. The molecule has 0 spiro atoms. The predicted octanol–water partition coefficient (Wildman–Crippen LogP) is 4.97. The van der Waals surface area contributed by atoms with Gasteiger partial charge in [0, 0.05) is 5.56 Å². The van der Waals surface area contributed by atoms with E-state index in [-0.39, 0.29) is 5.54 Å². The summed E-state index contributed by atoms with van der Waals surface area (Å²) in [5, 5.41) is 4.84. The molecule has 2 heteroatoms. The highest BCUT2D eigenvalue weighted by atomic mass is 15.3. The number of benzene rings is 2. The van der Waals surface area contributed by atoms with Crippen LogP contribution < -0.4 is 0 Å². The van der Waals surface area contributed by atoms with Crippen molar-refractivity contribution in [2.45, 2.75) is 26.3 Å². The Labute approximate surface area is 126 Å². The summed E-state index contributed by atoms with van der Waals surface area (Å²) in [5.74, 6) is 0. The summed E-state index contributed by atoms with van der Waals surface area (Å²) >= 11 is 0. The molecule has 2 nitrogen and oxygen atoms in total. The van der Waals surface area contributed by atoms with Gasteiger partial charge in [0.05, 0.1) is 16.9 Å². The lowest BCUT2D eigenvalue weighted by Crippen LogP contribution is -2.24. The Morgan fingerprint density at radius 3 is 1.81 bits per heavy atom. The average Bonchev–Trinajstić information content (AvgIpc) is 2.94. The highest BCUT2D eigenvalue weighted by Crippen LogP contribution is 2.30. The van der Waals surface area contributed by atoms with Crippen LogP contribution in [0.4, 0.5) is 0 Å². The van der Waals surface area contributed by atoms with Crippen molar-refractivity contribution in [1.29, 1.82) is 0 Å². The molecule has 0 fully saturated rings. The molecular weight excluding hydrogens is 256 g/mol. The van der Waals surface area contributed by atoms with Crippen LogP contribution in [-0.2, 0) is 5.54 Å². The third-order valence-electron chi connectivity index (χ3n) is 3.48. The highest BCUT2D eigenvalue weighted by molar-refractivity contribution is 5.68. The van der Waals surface area contributed by atoms with Crippen LogP contribution in [0.3, 0.4) is 0 Å². The number of hydrogen-bond donors (Lipinski definition) is 0. The molecule has 0 N–H and O–H groups in total. The normalized spacial score (nSPS) is 11.6. The molecule has 0 bridgehead atoms. The molecule has 2 aromatic carbocycles. The molecule has 0 saturated heterocycles. The van der Waals surface area contributed by atoms with E-state index in [1.165, 1.54) is 5.56 Å². The van der Waals surface area contributed by atoms with Gasteiger partial charge in [-0.1, -0.05) is 60.7 Å². The third kappa shape index (κ3) is 2.75. The summed E-state index contributed by atoms with van der Waals surface area (Å²) in [6.45, 7) is 6.55. The van der Waals surface area contributed by atoms with E-state index in [1.54, 1.807) is 0 Å². The maximum absolute atomic E-state index is 4.84. The second-order valence-corrected chi connectivity index (χ2v) is 6.23. The Morgan fingerprint density at radius 1 is 0.762 bits per heavy atom. The second-order valence-electron chi connectivity index (χ2n) is 6.23. The molecular formula is C19H20N2. The van der Waals surface area contributed by atoms with Gasteiger partial charge in [0.15, 0.2) is 0 Å². The van der Waals surface area contributed by atoms with Crippen molar-refractivity contribution < 1.29 is 0 Å². The Hall–Kier alpha value is -2.35. The quantitative estimate of drug-likeness (QED) is 0.646. The molecule has 0 amide bonds. The molecule has 0 aliphatic heterocycles. The van der Waals surface area contributed by atoms with Crippen LogP contribution in [0, 0.1) is 0 Å². The van der Waals surface area contributed by atoms with Gasteiger partial charge in [0.1, 0.15) is 0 Å². The lowest BCUT2D eigenvalue weighted by atomic mass is 10.1. The van der Waals surface area contributed by atoms with E-state index in [0.29, 0.717) is 0 Å². The van der Waals surface area contributed by atoms with Gasteiger partial charge >= 0.3 is 0 Å². The van der Waals surface area contributed by atoms with Gasteiger partial charge in [-0.25, -0.2) is 0 Å². The van der Waals surface area contributed by atoms with Crippen LogP contribution in [0.25, 0.3) is 22.5 Å². The summed E-state index contributed by atoms with van der Waals surface area (Å²) in [7, 11) is 0. The Kier molecular flexibility index (Phi) is 3.38. The van der Waals surface area contributed by atoms with Crippen molar-refractivity contribution in [3.63, 3.8) is 0 Å². The summed E-state index contributed by atoms with van der Waals surface area (Å²) in [6.07, 6.45) is 0. The SMILES string of the molecule is CC(C)(C)n1nc(-c2ccccc2)cc1-c1ccccc1.